The van der Waals surface area contributed by atoms with Gasteiger partial charge in [-0.1, -0.05) is 185 Å². The molecular weight excluding hydrogens is 631 g/mol. The summed E-state index contributed by atoms with van der Waals surface area (Å²) in [7, 11) is -4.34. The fraction of sp³-hybridized carbons (Fsp3) is 0.833. The second kappa shape index (κ2) is 36.4. The van der Waals surface area contributed by atoms with Crippen LogP contribution in [0.15, 0.2) is 36.5 Å². The Labute approximate surface area is 304 Å². The molecule has 0 rings (SSSR count). The number of hydrogen-bond acceptors (Lipinski definition) is 4. The molecule has 0 heterocycles. The average Bonchev–Trinajstić information content (AvgIpc) is 3.06. The largest absolute Gasteiger partial charge is 0.387 e. The maximum atomic E-state index is 12.5. The second-order valence-corrected chi connectivity index (χ2v) is 15.8. The van der Waals surface area contributed by atoms with E-state index in [0.717, 1.165) is 44.9 Å². The molecule has 0 aromatic rings. The number of rotatable bonds is 37. The molecule has 0 aromatic heterocycles. The number of aliphatic hydroxyl groups is 1. The lowest BCUT2D eigenvalue weighted by Crippen LogP contribution is -2.46. The van der Waals surface area contributed by atoms with Gasteiger partial charge in [0.15, 0.2) is 0 Å². The van der Waals surface area contributed by atoms with Crippen LogP contribution in [0.25, 0.3) is 0 Å². The van der Waals surface area contributed by atoms with Crippen LogP contribution >= 0.6 is 0 Å². The van der Waals surface area contributed by atoms with Crippen LogP contribution in [0.4, 0.5) is 0 Å². The molecule has 2 atom stereocenters. The first kappa shape index (κ1) is 47.6. The van der Waals surface area contributed by atoms with Crippen LogP contribution in [-0.2, 0) is 14.9 Å². The van der Waals surface area contributed by atoms with Crippen LogP contribution < -0.4 is 5.32 Å². The molecule has 0 saturated carbocycles. The molecule has 0 fully saturated rings. The van der Waals surface area contributed by atoms with Crippen LogP contribution in [-0.4, -0.2) is 41.9 Å². The standard InChI is InChI=1S/C42H79NO5S/c1-3-5-7-9-11-13-15-17-18-19-20-21-22-23-24-26-28-30-32-34-36-38-42(45)43-40(39-49(46,47)48)41(44)37-35-33-31-29-27-25-16-14-12-10-8-6-4-2/h15,17,19-20,35,37,40-41,44H,3-14,16,18,21-34,36,38-39H2,1-2H3,(H,43,45)(H,46,47,48)/b17-15-,20-19-,37-35+. The molecule has 49 heavy (non-hydrogen) atoms. The Hall–Kier alpha value is -1.44. The molecule has 0 aromatic carbocycles. The lowest BCUT2D eigenvalue weighted by Gasteiger charge is -2.21. The molecule has 7 heteroatoms. The van der Waals surface area contributed by atoms with E-state index in [0.29, 0.717) is 6.42 Å². The van der Waals surface area contributed by atoms with Gasteiger partial charge in [-0.25, -0.2) is 0 Å². The van der Waals surface area contributed by atoms with Gasteiger partial charge < -0.3 is 10.4 Å². The third-order valence-electron chi connectivity index (χ3n) is 9.31. The van der Waals surface area contributed by atoms with Gasteiger partial charge in [0, 0.05) is 6.42 Å². The van der Waals surface area contributed by atoms with Crippen molar-refractivity contribution < 1.29 is 22.9 Å². The highest BCUT2D eigenvalue weighted by molar-refractivity contribution is 7.85. The molecular formula is C42H79NO5S. The monoisotopic (exact) mass is 710 g/mol. The van der Waals surface area contributed by atoms with Gasteiger partial charge in [0.2, 0.25) is 5.91 Å². The van der Waals surface area contributed by atoms with E-state index in [2.05, 4.69) is 43.5 Å². The van der Waals surface area contributed by atoms with Crippen LogP contribution in [0.5, 0.6) is 0 Å². The summed E-state index contributed by atoms with van der Waals surface area (Å²) in [4.78, 5) is 12.5. The summed E-state index contributed by atoms with van der Waals surface area (Å²) in [5.41, 5.74) is 0. The minimum absolute atomic E-state index is 0.283. The molecule has 0 spiro atoms. The molecule has 0 bridgehead atoms. The van der Waals surface area contributed by atoms with Crippen LogP contribution in [0, 0.1) is 0 Å². The van der Waals surface area contributed by atoms with Crippen molar-refractivity contribution in [3.8, 4) is 0 Å². The maximum Gasteiger partial charge on any atom is 0.267 e. The van der Waals surface area contributed by atoms with Crippen molar-refractivity contribution in [1.29, 1.82) is 0 Å². The summed E-state index contributed by atoms with van der Waals surface area (Å²) in [5.74, 6) is -0.982. The Bertz CT molecular complexity index is 914. The lowest BCUT2D eigenvalue weighted by atomic mass is 10.0. The molecule has 3 N–H and O–H groups in total. The van der Waals surface area contributed by atoms with Gasteiger partial charge in [0.1, 0.15) is 0 Å². The fourth-order valence-corrected chi connectivity index (χ4v) is 6.92. The first-order valence-corrected chi connectivity index (χ1v) is 22.3. The van der Waals surface area contributed by atoms with E-state index in [1.165, 1.54) is 141 Å². The third-order valence-corrected chi connectivity index (χ3v) is 10.1. The second-order valence-electron chi connectivity index (χ2n) is 14.3. The minimum atomic E-state index is -4.34. The molecule has 6 nitrogen and oxygen atoms in total. The van der Waals surface area contributed by atoms with E-state index in [1.807, 2.05) is 6.08 Å². The molecule has 288 valence electrons. The highest BCUT2D eigenvalue weighted by Gasteiger charge is 2.24. The highest BCUT2D eigenvalue weighted by atomic mass is 32.2. The lowest BCUT2D eigenvalue weighted by molar-refractivity contribution is -0.122. The minimum Gasteiger partial charge on any atom is -0.387 e. The molecule has 2 unspecified atom stereocenters. The van der Waals surface area contributed by atoms with Crippen molar-refractivity contribution in [2.24, 2.45) is 0 Å². The highest BCUT2D eigenvalue weighted by Crippen LogP contribution is 2.14. The van der Waals surface area contributed by atoms with Crippen molar-refractivity contribution in [3.63, 3.8) is 0 Å². The SMILES string of the molecule is CCCCCCC/C=C\C/C=C\CCCCCCCCCCCC(=O)NC(CS(=O)(=O)O)C(O)/C=C/CCCCCCCCCCCCC. The molecule has 0 radical (unpaired) electrons. The summed E-state index contributed by atoms with van der Waals surface area (Å²) in [5, 5.41) is 13.2. The first-order chi connectivity index (χ1) is 23.8. The summed E-state index contributed by atoms with van der Waals surface area (Å²) < 4.78 is 32.4. The molecule has 0 saturated heterocycles. The number of unbranched alkanes of at least 4 members (excludes halogenated alkanes) is 25. The predicted octanol–water partition coefficient (Wildman–Crippen LogP) is 12.1. The summed E-state index contributed by atoms with van der Waals surface area (Å²) in [6, 6.07) is -1.06. The number of carbonyl (C=O) groups excluding carboxylic acids is 1. The van der Waals surface area contributed by atoms with Crippen molar-refractivity contribution in [2.75, 3.05) is 5.75 Å². The maximum absolute atomic E-state index is 12.5. The van der Waals surface area contributed by atoms with E-state index in [-0.39, 0.29) is 5.91 Å². The quantitative estimate of drug-likeness (QED) is 0.0338. The number of nitrogens with one attached hydrogen (secondary N) is 1. The van der Waals surface area contributed by atoms with E-state index >= 15 is 0 Å². The Morgan fingerprint density at radius 1 is 0.551 bits per heavy atom. The number of carbonyl (C=O) groups is 1. The average molecular weight is 710 g/mol. The van der Waals surface area contributed by atoms with Crippen LogP contribution in [0.2, 0.25) is 0 Å². The summed E-state index contributed by atoms with van der Waals surface area (Å²) in [6.45, 7) is 4.50. The third kappa shape index (κ3) is 37.6. The number of amides is 1. The Kier molecular flexibility index (Phi) is 35.3. The normalized spacial score (nSPS) is 13.6. The smallest absolute Gasteiger partial charge is 0.267 e. The van der Waals surface area contributed by atoms with Crippen molar-refractivity contribution in [3.05, 3.63) is 36.5 Å². The Morgan fingerprint density at radius 3 is 1.33 bits per heavy atom. The molecule has 0 aliphatic heterocycles. The zero-order valence-electron chi connectivity index (χ0n) is 32.1. The van der Waals surface area contributed by atoms with Crippen molar-refractivity contribution in [1.82, 2.24) is 5.32 Å². The first-order valence-electron chi connectivity index (χ1n) is 20.7. The van der Waals surface area contributed by atoms with Crippen LogP contribution in [0.3, 0.4) is 0 Å². The van der Waals surface area contributed by atoms with E-state index in [9.17, 15) is 22.9 Å². The van der Waals surface area contributed by atoms with E-state index in [4.69, 9.17) is 0 Å². The zero-order chi connectivity index (χ0) is 36.1. The number of hydrogen-bond donors (Lipinski definition) is 3. The Morgan fingerprint density at radius 2 is 0.918 bits per heavy atom. The zero-order valence-corrected chi connectivity index (χ0v) is 32.9. The summed E-state index contributed by atoms with van der Waals surface area (Å²) in [6.07, 6.45) is 47.0. The molecule has 0 aliphatic carbocycles. The van der Waals surface area contributed by atoms with Gasteiger partial charge in [-0.2, -0.15) is 8.42 Å². The number of allylic oxidation sites excluding steroid dienone is 5. The van der Waals surface area contributed by atoms with Gasteiger partial charge in [-0.15, -0.1) is 0 Å². The molecule has 1 amide bonds. The van der Waals surface area contributed by atoms with Gasteiger partial charge in [-0.05, 0) is 51.4 Å². The molecule has 0 aliphatic rings. The topological polar surface area (TPSA) is 104 Å². The Balaban J connectivity index is 3.89. The van der Waals surface area contributed by atoms with Gasteiger partial charge in [-0.3, -0.25) is 9.35 Å². The van der Waals surface area contributed by atoms with Gasteiger partial charge in [0.05, 0.1) is 17.9 Å². The van der Waals surface area contributed by atoms with Crippen molar-refractivity contribution in [2.45, 2.75) is 219 Å². The van der Waals surface area contributed by atoms with Crippen LogP contribution in [0.1, 0.15) is 206 Å². The van der Waals surface area contributed by atoms with E-state index in [1.54, 1.807) is 6.08 Å². The van der Waals surface area contributed by atoms with Gasteiger partial charge in [0.25, 0.3) is 10.1 Å². The number of aliphatic hydroxyl groups excluding tert-OH is 1. The summed E-state index contributed by atoms with van der Waals surface area (Å²) >= 11 is 0. The van der Waals surface area contributed by atoms with Crippen molar-refractivity contribution >= 4 is 16.0 Å². The van der Waals surface area contributed by atoms with Gasteiger partial charge >= 0.3 is 0 Å². The predicted molar refractivity (Wildman–Crippen MR) is 212 cm³/mol. The fourth-order valence-electron chi connectivity index (χ4n) is 6.19. The van der Waals surface area contributed by atoms with E-state index < -0.39 is 28.0 Å².